The molecule has 5 rings (SSSR count). The summed E-state index contributed by atoms with van der Waals surface area (Å²) in [5.74, 6) is 0.551. The third-order valence-corrected chi connectivity index (χ3v) is 5.95. The second-order valence-electron chi connectivity index (χ2n) is 8.07. The van der Waals surface area contributed by atoms with Crippen molar-refractivity contribution < 1.29 is 20.1 Å². The van der Waals surface area contributed by atoms with Crippen molar-refractivity contribution in [2.45, 2.75) is 37.0 Å². The maximum Gasteiger partial charge on any atom is 0.167 e. The summed E-state index contributed by atoms with van der Waals surface area (Å²) < 4.78 is 7.21. The van der Waals surface area contributed by atoms with Crippen LogP contribution in [0.3, 0.4) is 0 Å². The maximum atomic E-state index is 10.4. The van der Waals surface area contributed by atoms with Crippen LogP contribution in [-0.2, 0) is 11.2 Å². The van der Waals surface area contributed by atoms with Gasteiger partial charge in [0.05, 0.1) is 19.0 Å². The van der Waals surface area contributed by atoms with E-state index in [1.165, 1.54) is 18.2 Å². The van der Waals surface area contributed by atoms with Gasteiger partial charge in [-0.15, -0.1) is 0 Å². The predicted octanol–water partition coefficient (Wildman–Crippen LogP) is 1.83. The summed E-state index contributed by atoms with van der Waals surface area (Å²) in [7, 11) is 0. The van der Waals surface area contributed by atoms with Crippen LogP contribution in [0.25, 0.3) is 11.2 Å². The standard InChI is InChI=1S/C24H25N5O4/c30-12-18-20(31)21(32)24(33-18)29-14-27-19-22(25-13-26-23(19)29)28-17(16-9-5-2-6-10-16)11-15-7-3-1-4-8-15/h1-10,13-14,17-18,20-21,24,30-32H,11-12H2,(H,25,26,28)/t17?,18-,20?,21?,24-/m1/s1. The molecular weight excluding hydrogens is 422 g/mol. The normalized spacial score (nSPS) is 23.6. The van der Waals surface area contributed by atoms with E-state index in [9.17, 15) is 15.3 Å². The van der Waals surface area contributed by atoms with Crippen LogP contribution in [0.4, 0.5) is 5.82 Å². The summed E-state index contributed by atoms with van der Waals surface area (Å²) in [6.45, 7) is -0.401. The maximum absolute atomic E-state index is 10.4. The number of ether oxygens (including phenoxy) is 1. The summed E-state index contributed by atoms with van der Waals surface area (Å²) >= 11 is 0. The zero-order valence-corrected chi connectivity index (χ0v) is 17.8. The second-order valence-corrected chi connectivity index (χ2v) is 8.07. The van der Waals surface area contributed by atoms with Crippen molar-refractivity contribution in [1.82, 2.24) is 19.5 Å². The molecule has 5 atom stereocenters. The molecule has 0 aliphatic carbocycles. The number of aliphatic hydroxyl groups excluding tert-OH is 3. The van der Waals surface area contributed by atoms with Gasteiger partial charge in [-0.2, -0.15) is 0 Å². The van der Waals surface area contributed by atoms with Crippen LogP contribution in [-0.4, -0.2) is 59.8 Å². The fourth-order valence-electron chi connectivity index (χ4n) is 4.21. The van der Waals surface area contributed by atoms with Gasteiger partial charge >= 0.3 is 0 Å². The summed E-state index contributed by atoms with van der Waals surface area (Å²) in [4.78, 5) is 13.2. The quantitative estimate of drug-likeness (QED) is 0.338. The Morgan fingerprint density at radius 2 is 1.67 bits per heavy atom. The number of nitrogens with one attached hydrogen (secondary N) is 1. The van der Waals surface area contributed by atoms with Gasteiger partial charge in [-0.05, 0) is 17.5 Å². The van der Waals surface area contributed by atoms with Crippen molar-refractivity contribution in [2.24, 2.45) is 0 Å². The van der Waals surface area contributed by atoms with E-state index in [2.05, 4.69) is 44.5 Å². The zero-order chi connectivity index (χ0) is 22.8. The van der Waals surface area contributed by atoms with Crippen LogP contribution in [0.1, 0.15) is 23.4 Å². The molecule has 1 aliphatic heterocycles. The number of benzene rings is 2. The van der Waals surface area contributed by atoms with Gasteiger partial charge in [0.15, 0.2) is 23.2 Å². The summed E-state index contributed by atoms with van der Waals surface area (Å²) in [5, 5.41) is 33.5. The molecule has 1 aliphatic rings. The van der Waals surface area contributed by atoms with Crippen LogP contribution in [0.2, 0.25) is 0 Å². The molecule has 2 aromatic carbocycles. The first kappa shape index (κ1) is 21.5. The van der Waals surface area contributed by atoms with Gasteiger partial charge in [0.1, 0.15) is 24.6 Å². The SMILES string of the molecule is OC[C@H]1O[C@@H](n2cnc3c(NC(Cc4ccccc4)c4ccccc4)ncnc32)C(O)C1O. The van der Waals surface area contributed by atoms with Crippen molar-refractivity contribution in [2.75, 3.05) is 11.9 Å². The van der Waals surface area contributed by atoms with Crippen LogP contribution in [0.5, 0.6) is 0 Å². The Kier molecular flexibility index (Phi) is 6.01. The smallest absolute Gasteiger partial charge is 0.167 e. The third kappa shape index (κ3) is 4.19. The third-order valence-electron chi connectivity index (χ3n) is 5.95. The molecule has 3 unspecified atom stereocenters. The van der Waals surface area contributed by atoms with E-state index in [1.54, 1.807) is 4.57 Å². The largest absolute Gasteiger partial charge is 0.394 e. The average molecular weight is 447 g/mol. The van der Waals surface area contributed by atoms with Crippen molar-refractivity contribution in [1.29, 1.82) is 0 Å². The minimum Gasteiger partial charge on any atom is -0.394 e. The molecule has 0 radical (unpaired) electrons. The Hall–Kier alpha value is -3.37. The topological polar surface area (TPSA) is 126 Å². The number of anilines is 1. The summed E-state index contributed by atoms with van der Waals surface area (Å²) in [6, 6.07) is 20.3. The monoisotopic (exact) mass is 447 g/mol. The van der Waals surface area contributed by atoms with Crippen LogP contribution >= 0.6 is 0 Å². The molecule has 9 nitrogen and oxygen atoms in total. The summed E-state index contributed by atoms with van der Waals surface area (Å²) in [5.41, 5.74) is 3.26. The molecule has 1 fully saturated rings. The zero-order valence-electron chi connectivity index (χ0n) is 17.8. The number of nitrogens with zero attached hydrogens (tertiary/aromatic N) is 4. The lowest BCUT2D eigenvalue weighted by Gasteiger charge is -2.20. The minimum absolute atomic E-state index is 0.0641. The molecule has 4 N–H and O–H groups in total. The highest BCUT2D eigenvalue weighted by atomic mass is 16.6. The fraction of sp³-hybridized carbons (Fsp3) is 0.292. The van der Waals surface area contributed by atoms with Gasteiger partial charge in [0.25, 0.3) is 0 Å². The number of rotatable bonds is 7. The van der Waals surface area contributed by atoms with E-state index in [1.807, 2.05) is 36.4 Å². The Morgan fingerprint density at radius 1 is 0.939 bits per heavy atom. The molecule has 170 valence electrons. The Labute approximate surface area is 190 Å². The van der Waals surface area contributed by atoms with Gasteiger partial charge in [-0.25, -0.2) is 15.0 Å². The first-order valence-electron chi connectivity index (χ1n) is 10.8. The molecule has 9 heteroatoms. The predicted molar refractivity (Wildman–Crippen MR) is 121 cm³/mol. The molecule has 1 saturated heterocycles. The van der Waals surface area contributed by atoms with Gasteiger partial charge in [0.2, 0.25) is 0 Å². The van der Waals surface area contributed by atoms with Crippen LogP contribution in [0, 0.1) is 0 Å². The highest BCUT2D eigenvalue weighted by Gasteiger charge is 2.44. The molecule has 0 amide bonds. The van der Waals surface area contributed by atoms with Crippen molar-refractivity contribution in [3.05, 3.63) is 84.4 Å². The number of aliphatic hydroxyl groups is 3. The van der Waals surface area contributed by atoms with Crippen LogP contribution < -0.4 is 5.32 Å². The van der Waals surface area contributed by atoms with E-state index in [0.717, 1.165) is 12.0 Å². The molecule has 0 spiro atoms. The molecule has 0 bridgehead atoms. The van der Waals surface area contributed by atoms with Crippen molar-refractivity contribution >= 4 is 17.0 Å². The average Bonchev–Trinajstić information content (AvgIpc) is 3.41. The number of imidazole rings is 1. The van der Waals surface area contributed by atoms with Gasteiger partial charge in [-0.1, -0.05) is 60.7 Å². The lowest BCUT2D eigenvalue weighted by atomic mass is 9.99. The van der Waals surface area contributed by atoms with E-state index < -0.39 is 31.1 Å². The molecule has 2 aromatic heterocycles. The highest BCUT2D eigenvalue weighted by molar-refractivity contribution is 5.83. The van der Waals surface area contributed by atoms with Crippen molar-refractivity contribution in [3.63, 3.8) is 0 Å². The first-order chi connectivity index (χ1) is 16.2. The molecule has 4 aromatic rings. The van der Waals surface area contributed by atoms with E-state index in [0.29, 0.717) is 17.0 Å². The van der Waals surface area contributed by atoms with Gasteiger partial charge in [0, 0.05) is 0 Å². The van der Waals surface area contributed by atoms with Crippen molar-refractivity contribution in [3.8, 4) is 0 Å². The first-order valence-corrected chi connectivity index (χ1v) is 10.8. The number of fused-ring (bicyclic) bond motifs is 1. The molecular formula is C24H25N5O4. The number of hydrogen-bond donors (Lipinski definition) is 4. The van der Waals surface area contributed by atoms with E-state index >= 15 is 0 Å². The Balaban J connectivity index is 1.48. The lowest BCUT2D eigenvalue weighted by molar-refractivity contribution is -0.0511. The summed E-state index contributed by atoms with van der Waals surface area (Å²) in [6.07, 6.45) is -0.555. The van der Waals surface area contributed by atoms with Crippen LogP contribution in [0.15, 0.2) is 73.3 Å². The molecule has 33 heavy (non-hydrogen) atoms. The van der Waals surface area contributed by atoms with Gasteiger partial charge in [-0.3, -0.25) is 4.57 Å². The Bertz CT molecular complexity index is 1200. The second kappa shape index (κ2) is 9.24. The van der Waals surface area contributed by atoms with E-state index in [4.69, 9.17) is 4.74 Å². The lowest BCUT2D eigenvalue weighted by Crippen LogP contribution is -2.33. The van der Waals surface area contributed by atoms with Gasteiger partial charge < -0.3 is 25.4 Å². The number of aromatic nitrogens is 4. The Morgan fingerprint density at radius 3 is 2.36 bits per heavy atom. The highest BCUT2D eigenvalue weighted by Crippen LogP contribution is 2.33. The molecule has 3 heterocycles. The van der Waals surface area contributed by atoms with E-state index in [-0.39, 0.29) is 6.04 Å². The fourth-order valence-corrected chi connectivity index (χ4v) is 4.21. The molecule has 0 saturated carbocycles. The minimum atomic E-state index is -1.22. The number of hydrogen-bond acceptors (Lipinski definition) is 8.